The van der Waals surface area contributed by atoms with Crippen LogP contribution in [0.15, 0.2) is 0 Å². The normalized spacial score (nSPS) is 25.5. The first kappa shape index (κ1) is 17.5. The number of aromatic nitrogens is 3. The third-order valence-electron chi connectivity index (χ3n) is 6.14. The molecule has 1 aromatic heterocycles. The van der Waals surface area contributed by atoms with E-state index in [1.165, 1.54) is 0 Å². The summed E-state index contributed by atoms with van der Waals surface area (Å²) in [6, 6.07) is 0. The molecule has 0 aliphatic carbocycles. The summed E-state index contributed by atoms with van der Waals surface area (Å²) in [5.41, 5.74) is 0. The standard InChI is InChI=1S/C18H28N6O2/c1-21-6-3-13(4-7-21)17-20-19-15-5-8-23(9-10-24(15)17)18(26)14-11-16(25)22(2)12-14/h13-14H,3-12H2,1-2H3. The molecule has 1 unspecified atom stereocenters. The van der Waals surface area contributed by atoms with Crippen LogP contribution in [0.3, 0.4) is 0 Å². The molecule has 2 saturated heterocycles. The van der Waals surface area contributed by atoms with Crippen LogP contribution in [0, 0.1) is 5.92 Å². The van der Waals surface area contributed by atoms with Gasteiger partial charge in [0.25, 0.3) is 0 Å². The predicted molar refractivity (Wildman–Crippen MR) is 95.5 cm³/mol. The van der Waals surface area contributed by atoms with E-state index in [-0.39, 0.29) is 17.7 Å². The third-order valence-corrected chi connectivity index (χ3v) is 6.14. The fourth-order valence-corrected chi connectivity index (χ4v) is 4.42. The monoisotopic (exact) mass is 360 g/mol. The van der Waals surface area contributed by atoms with Gasteiger partial charge in [0.1, 0.15) is 11.6 Å². The highest BCUT2D eigenvalue weighted by Gasteiger charge is 2.35. The van der Waals surface area contributed by atoms with Crippen molar-refractivity contribution in [3.05, 3.63) is 11.6 Å². The number of amides is 2. The highest BCUT2D eigenvalue weighted by molar-refractivity contribution is 5.89. The van der Waals surface area contributed by atoms with Crippen LogP contribution < -0.4 is 0 Å². The van der Waals surface area contributed by atoms with Crippen molar-refractivity contribution in [3.8, 4) is 0 Å². The first-order valence-electron chi connectivity index (χ1n) is 9.66. The van der Waals surface area contributed by atoms with Crippen molar-refractivity contribution in [1.82, 2.24) is 29.5 Å². The predicted octanol–water partition coefficient (Wildman–Crippen LogP) is -0.0497. The SMILES string of the molecule is CN1CCC(c2nnc3n2CCN(C(=O)C2CC(=O)N(C)C2)CC3)CC1. The Labute approximate surface area is 154 Å². The molecular weight excluding hydrogens is 332 g/mol. The van der Waals surface area contributed by atoms with Crippen LogP contribution in [0.4, 0.5) is 0 Å². The number of carbonyl (C=O) groups is 2. The number of hydrogen-bond acceptors (Lipinski definition) is 5. The van der Waals surface area contributed by atoms with Gasteiger partial charge in [-0.15, -0.1) is 10.2 Å². The van der Waals surface area contributed by atoms with E-state index < -0.39 is 0 Å². The molecule has 26 heavy (non-hydrogen) atoms. The minimum Gasteiger partial charge on any atom is -0.345 e. The number of rotatable bonds is 2. The second kappa shape index (κ2) is 6.98. The van der Waals surface area contributed by atoms with Gasteiger partial charge >= 0.3 is 0 Å². The van der Waals surface area contributed by atoms with Gasteiger partial charge < -0.3 is 19.3 Å². The summed E-state index contributed by atoms with van der Waals surface area (Å²) in [5, 5.41) is 8.92. The smallest absolute Gasteiger partial charge is 0.228 e. The molecular formula is C18H28N6O2. The summed E-state index contributed by atoms with van der Waals surface area (Å²) >= 11 is 0. The maximum Gasteiger partial charge on any atom is 0.228 e. The van der Waals surface area contributed by atoms with Crippen LogP contribution in [0.1, 0.15) is 36.8 Å². The lowest BCUT2D eigenvalue weighted by atomic mass is 9.96. The summed E-state index contributed by atoms with van der Waals surface area (Å²) in [5.74, 6) is 2.55. The van der Waals surface area contributed by atoms with Crippen molar-refractivity contribution in [1.29, 1.82) is 0 Å². The Balaban J connectivity index is 1.43. The van der Waals surface area contributed by atoms with E-state index in [9.17, 15) is 9.59 Å². The summed E-state index contributed by atoms with van der Waals surface area (Å²) in [6.07, 6.45) is 3.32. The molecule has 2 fully saturated rings. The van der Waals surface area contributed by atoms with Crippen LogP contribution >= 0.6 is 0 Å². The highest BCUT2D eigenvalue weighted by atomic mass is 16.2. The van der Waals surface area contributed by atoms with Gasteiger partial charge in [-0.05, 0) is 33.0 Å². The fourth-order valence-electron chi connectivity index (χ4n) is 4.42. The van der Waals surface area contributed by atoms with Crippen molar-refractivity contribution < 1.29 is 9.59 Å². The van der Waals surface area contributed by atoms with Gasteiger partial charge in [0.15, 0.2) is 0 Å². The Morgan fingerprint density at radius 2 is 1.81 bits per heavy atom. The van der Waals surface area contributed by atoms with Crippen LogP contribution in [0.2, 0.25) is 0 Å². The Hall–Kier alpha value is -1.96. The number of carbonyl (C=O) groups excluding carboxylic acids is 2. The number of nitrogens with zero attached hydrogens (tertiary/aromatic N) is 6. The molecule has 8 heteroatoms. The summed E-state index contributed by atoms with van der Waals surface area (Å²) < 4.78 is 2.25. The zero-order chi connectivity index (χ0) is 18.3. The van der Waals surface area contributed by atoms with Gasteiger partial charge in [-0.3, -0.25) is 9.59 Å². The summed E-state index contributed by atoms with van der Waals surface area (Å²) in [7, 11) is 3.93. The molecule has 8 nitrogen and oxygen atoms in total. The molecule has 4 rings (SSSR count). The van der Waals surface area contributed by atoms with Gasteiger partial charge in [0.05, 0.1) is 5.92 Å². The van der Waals surface area contributed by atoms with Gasteiger partial charge in [-0.2, -0.15) is 0 Å². The molecule has 0 aromatic carbocycles. The lowest BCUT2D eigenvalue weighted by molar-refractivity contribution is -0.135. The zero-order valence-corrected chi connectivity index (χ0v) is 15.7. The number of likely N-dealkylation sites (tertiary alicyclic amines) is 2. The molecule has 3 aliphatic rings. The molecule has 0 bridgehead atoms. The van der Waals surface area contributed by atoms with Crippen molar-refractivity contribution in [3.63, 3.8) is 0 Å². The van der Waals surface area contributed by atoms with E-state index in [1.807, 2.05) is 4.90 Å². The maximum atomic E-state index is 12.8. The van der Waals surface area contributed by atoms with Crippen LogP contribution in [-0.4, -0.2) is 88.1 Å². The Morgan fingerprint density at radius 3 is 2.50 bits per heavy atom. The third kappa shape index (κ3) is 3.22. The number of hydrogen-bond donors (Lipinski definition) is 0. The first-order chi connectivity index (χ1) is 12.5. The Morgan fingerprint density at radius 1 is 1.04 bits per heavy atom. The first-order valence-corrected chi connectivity index (χ1v) is 9.66. The lowest BCUT2D eigenvalue weighted by Crippen LogP contribution is -2.39. The van der Waals surface area contributed by atoms with Crippen molar-refractivity contribution >= 4 is 11.8 Å². The highest BCUT2D eigenvalue weighted by Crippen LogP contribution is 2.28. The summed E-state index contributed by atoms with van der Waals surface area (Å²) in [4.78, 5) is 30.5. The van der Waals surface area contributed by atoms with Gasteiger partial charge in [-0.1, -0.05) is 0 Å². The second-order valence-electron chi connectivity index (χ2n) is 7.95. The molecule has 0 saturated carbocycles. The molecule has 3 aliphatic heterocycles. The molecule has 0 spiro atoms. The van der Waals surface area contributed by atoms with E-state index >= 15 is 0 Å². The maximum absolute atomic E-state index is 12.8. The lowest BCUT2D eigenvalue weighted by Gasteiger charge is -2.28. The van der Waals surface area contributed by atoms with Gasteiger partial charge in [0.2, 0.25) is 11.8 Å². The molecule has 0 radical (unpaired) electrons. The minimum absolute atomic E-state index is 0.0693. The van der Waals surface area contributed by atoms with E-state index in [1.54, 1.807) is 11.9 Å². The van der Waals surface area contributed by atoms with Crippen molar-refractivity contribution in [2.24, 2.45) is 5.92 Å². The van der Waals surface area contributed by atoms with E-state index in [2.05, 4.69) is 26.7 Å². The average molecular weight is 360 g/mol. The van der Waals surface area contributed by atoms with Crippen molar-refractivity contribution in [2.75, 3.05) is 46.8 Å². The molecule has 4 heterocycles. The van der Waals surface area contributed by atoms with Gasteiger partial charge in [0, 0.05) is 52.0 Å². The fraction of sp³-hybridized carbons (Fsp3) is 0.778. The molecule has 1 aromatic rings. The molecule has 0 N–H and O–H groups in total. The van der Waals surface area contributed by atoms with Crippen LogP contribution in [0.25, 0.3) is 0 Å². The largest absolute Gasteiger partial charge is 0.345 e. The van der Waals surface area contributed by atoms with Gasteiger partial charge in [-0.25, -0.2) is 0 Å². The topological polar surface area (TPSA) is 74.6 Å². The molecule has 142 valence electrons. The van der Waals surface area contributed by atoms with Crippen molar-refractivity contribution in [2.45, 2.75) is 38.1 Å². The number of piperidine rings is 1. The van der Waals surface area contributed by atoms with E-state index in [4.69, 9.17) is 0 Å². The quantitative estimate of drug-likeness (QED) is 0.739. The zero-order valence-electron chi connectivity index (χ0n) is 15.7. The molecule has 1 atom stereocenters. The van der Waals surface area contributed by atoms with Crippen LogP contribution in [0.5, 0.6) is 0 Å². The summed E-state index contributed by atoms with van der Waals surface area (Å²) in [6.45, 7) is 4.84. The Kier molecular flexibility index (Phi) is 4.69. The average Bonchev–Trinajstić information content (AvgIpc) is 3.11. The van der Waals surface area contributed by atoms with Crippen LogP contribution in [-0.2, 0) is 22.6 Å². The van der Waals surface area contributed by atoms with E-state index in [0.717, 1.165) is 50.5 Å². The minimum atomic E-state index is -0.190. The molecule has 2 amide bonds. The Bertz CT molecular complexity index is 694. The number of fused-ring (bicyclic) bond motifs is 1. The van der Waals surface area contributed by atoms with E-state index in [0.29, 0.717) is 32.0 Å². The second-order valence-corrected chi connectivity index (χ2v) is 7.95.